The van der Waals surface area contributed by atoms with Crippen molar-refractivity contribution in [3.8, 4) is 5.75 Å². The van der Waals surface area contributed by atoms with Crippen LogP contribution in [0.15, 0.2) is 54.6 Å². The highest BCUT2D eigenvalue weighted by atomic mass is 35.5. The van der Waals surface area contributed by atoms with Gasteiger partial charge in [-0.05, 0) is 54.1 Å². The summed E-state index contributed by atoms with van der Waals surface area (Å²) in [5.74, 6) is -4.88. The number of fused-ring (bicyclic) bond motifs is 2. The minimum Gasteiger partial charge on any atom is -0.482 e. The molecule has 2 aliphatic heterocycles. The second kappa shape index (κ2) is 9.32. The molecule has 1 fully saturated rings. The fourth-order valence-electron chi connectivity index (χ4n) is 5.32. The van der Waals surface area contributed by atoms with Crippen molar-refractivity contribution in [3.05, 3.63) is 93.0 Å². The van der Waals surface area contributed by atoms with Crippen molar-refractivity contribution >= 4 is 46.7 Å². The third-order valence-corrected chi connectivity index (χ3v) is 7.19. The molecule has 3 N–H and O–H groups in total. The van der Waals surface area contributed by atoms with Crippen molar-refractivity contribution in [2.75, 3.05) is 11.9 Å². The number of carboxylic acids is 1. The van der Waals surface area contributed by atoms with Crippen molar-refractivity contribution in [1.29, 1.82) is 0 Å². The van der Waals surface area contributed by atoms with Gasteiger partial charge in [0.15, 0.2) is 6.61 Å². The summed E-state index contributed by atoms with van der Waals surface area (Å²) >= 11 is 12.5. The zero-order valence-corrected chi connectivity index (χ0v) is 20.4. The number of carbonyl (C=O) groups is 3. The van der Waals surface area contributed by atoms with Crippen LogP contribution in [0.5, 0.6) is 5.75 Å². The van der Waals surface area contributed by atoms with E-state index in [2.05, 4.69) is 10.6 Å². The number of hydrogen-bond donors (Lipinski definition) is 3. The first-order valence-corrected chi connectivity index (χ1v) is 11.9. The zero-order valence-electron chi connectivity index (χ0n) is 18.9. The Labute approximate surface area is 219 Å². The number of amides is 2. The number of benzene rings is 3. The van der Waals surface area contributed by atoms with Crippen LogP contribution < -0.4 is 15.4 Å². The number of hydrogen-bond acceptors (Lipinski definition) is 4. The minimum absolute atomic E-state index is 0.0829. The van der Waals surface area contributed by atoms with Crippen molar-refractivity contribution in [1.82, 2.24) is 5.32 Å². The summed E-state index contributed by atoms with van der Waals surface area (Å²) in [5, 5.41) is 15.2. The van der Waals surface area contributed by atoms with Gasteiger partial charge in [-0.25, -0.2) is 13.6 Å². The highest BCUT2D eigenvalue weighted by Crippen LogP contribution is 2.59. The highest BCUT2D eigenvalue weighted by molar-refractivity contribution is 6.31. The van der Waals surface area contributed by atoms with Crippen LogP contribution in [0.2, 0.25) is 10.0 Å². The first-order chi connectivity index (χ1) is 17.6. The van der Waals surface area contributed by atoms with E-state index in [-0.39, 0.29) is 28.3 Å². The van der Waals surface area contributed by atoms with E-state index in [0.717, 1.165) is 18.2 Å². The monoisotopic (exact) mass is 546 g/mol. The number of rotatable bonds is 5. The van der Waals surface area contributed by atoms with Crippen molar-refractivity contribution in [2.24, 2.45) is 0 Å². The summed E-state index contributed by atoms with van der Waals surface area (Å²) in [6.45, 7) is -0.694. The summed E-state index contributed by atoms with van der Waals surface area (Å²) in [4.78, 5) is 38.2. The van der Waals surface area contributed by atoms with Crippen molar-refractivity contribution in [3.63, 3.8) is 0 Å². The van der Waals surface area contributed by atoms with E-state index >= 15 is 4.39 Å². The predicted molar refractivity (Wildman–Crippen MR) is 131 cm³/mol. The largest absolute Gasteiger partial charge is 0.482 e. The Bertz CT molecular complexity index is 1470. The highest BCUT2D eigenvalue weighted by Gasteiger charge is 2.62. The summed E-state index contributed by atoms with van der Waals surface area (Å²) in [6.07, 6.45) is -0.257. The molecule has 11 heteroatoms. The molecule has 0 aromatic heterocycles. The van der Waals surface area contributed by atoms with E-state index in [1.54, 1.807) is 12.1 Å². The van der Waals surface area contributed by atoms with E-state index in [1.807, 2.05) is 0 Å². The Morgan fingerprint density at radius 3 is 2.51 bits per heavy atom. The van der Waals surface area contributed by atoms with Crippen LogP contribution in [0.3, 0.4) is 0 Å². The number of anilines is 1. The molecule has 3 aromatic rings. The number of ether oxygens (including phenoxy) is 1. The lowest BCUT2D eigenvalue weighted by Crippen LogP contribution is -2.57. The van der Waals surface area contributed by atoms with Crippen molar-refractivity contribution < 1.29 is 33.0 Å². The van der Waals surface area contributed by atoms with Gasteiger partial charge in [0.25, 0.3) is 0 Å². The summed E-state index contributed by atoms with van der Waals surface area (Å²) in [6, 6.07) is 10.5. The normalized spacial score (nSPS) is 22.4. The third-order valence-electron chi connectivity index (χ3n) is 6.72. The molecule has 2 amide bonds. The second-order valence-electron chi connectivity index (χ2n) is 8.80. The quantitative estimate of drug-likeness (QED) is 0.419. The van der Waals surface area contributed by atoms with Gasteiger partial charge in [-0.1, -0.05) is 29.3 Å². The maximum absolute atomic E-state index is 15.2. The van der Waals surface area contributed by atoms with Gasteiger partial charge in [0.2, 0.25) is 11.8 Å². The lowest BCUT2D eigenvalue weighted by molar-refractivity contribution is -0.139. The molecule has 3 aromatic carbocycles. The van der Waals surface area contributed by atoms with Crippen LogP contribution in [0.4, 0.5) is 14.5 Å². The average molecular weight is 547 g/mol. The molecule has 5 rings (SSSR count). The van der Waals surface area contributed by atoms with Gasteiger partial charge in [-0.2, -0.15) is 0 Å². The molecule has 190 valence electrons. The smallest absolute Gasteiger partial charge is 0.341 e. The van der Waals surface area contributed by atoms with E-state index in [9.17, 15) is 18.8 Å². The number of aliphatic carboxylic acids is 1. The molecular weight excluding hydrogens is 529 g/mol. The fourth-order valence-corrected chi connectivity index (χ4v) is 5.67. The first-order valence-electron chi connectivity index (χ1n) is 11.1. The topological polar surface area (TPSA) is 105 Å². The molecule has 1 saturated heterocycles. The Kier molecular flexibility index (Phi) is 6.29. The number of carboxylic acid groups (broad SMARTS) is 1. The van der Waals surface area contributed by atoms with Crippen LogP contribution in [0.25, 0.3) is 0 Å². The predicted octanol–water partition coefficient (Wildman–Crippen LogP) is 4.97. The van der Waals surface area contributed by atoms with Crippen LogP contribution in [-0.2, 0) is 19.8 Å². The lowest BCUT2D eigenvalue weighted by atomic mass is 9.59. The number of halogens is 4. The Hall–Kier alpha value is -3.69. The van der Waals surface area contributed by atoms with Gasteiger partial charge in [-0.15, -0.1) is 0 Å². The second-order valence-corrected chi connectivity index (χ2v) is 9.67. The van der Waals surface area contributed by atoms with Crippen molar-refractivity contribution in [2.45, 2.75) is 23.8 Å². The van der Waals surface area contributed by atoms with Gasteiger partial charge in [0.05, 0.1) is 6.04 Å². The first kappa shape index (κ1) is 25.0. The molecule has 3 atom stereocenters. The van der Waals surface area contributed by atoms with Gasteiger partial charge >= 0.3 is 5.97 Å². The van der Waals surface area contributed by atoms with E-state index in [1.165, 1.54) is 24.3 Å². The minimum atomic E-state index is -1.70. The zero-order chi connectivity index (χ0) is 26.5. The van der Waals surface area contributed by atoms with Crippen LogP contribution >= 0.6 is 23.2 Å². The molecule has 1 spiro atoms. The maximum Gasteiger partial charge on any atom is 0.341 e. The number of carbonyl (C=O) groups excluding carboxylic acids is 2. The van der Waals surface area contributed by atoms with E-state index in [4.69, 9.17) is 33.0 Å². The van der Waals surface area contributed by atoms with E-state index < -0.39 is 53.4 Å². The average Bonchev–Trinajstić information content (AvgIpc) is 3.12. The Balaban J connectivity index is 1.81. The maximum atomic E-state index is 15.2. The van der Waals surface area contributed by atoms with Crippen LogP contribution in [0.1, 0.15) is 35.1 Å². The van der Waals surface area contributed by atoms with Crippen LogP contribution in [0, 0.1) is 11.6 Å². The number of piperidine rings is 1. The summed E-state index contributed by atoms with van der Waals surface area (Å²) in [5.41, 5.74) is -0.927. The van der Waals surface area contributed by atoms with Gasteiger partial charge in [-0.3, -0.25) is 9.59 Å². The molecule has 2 aliphatic rings. The van der Waals surface area contributed by atoms with Gasteiger partial charge in [0, 0.05) is 39.2 Å². The molecule has 0 unspecified atom stereocenters. The standard InChI is InChI=1S/C26H18Cl2F2N2O5/c27-12-2-6-21(37-11-23(34)35)15(7-12)18-10-22(33)32-24(16-9-14(29)3-5-19(16)30)26(18)17-4-1-13(28)8-20(17)31-25(26)36/h1-9,18,24H,10-11H2,(H,31,36)(H,32,33)(H,34,35)/t18-,24+,26-/m1/s1. The molecule has 2 heterocycles. The number of nitrogens with one attached hydrogen (secondary N) is 2. The Morgan fingerprint density at radius 1 is 1.03 bits per heavy atom. The molecule has 7 nitrogen and oxygen atoms in total. The van der Waals surface area contributed by atoms with E-state index in [0.29, 0.717) is 16.3 Å². The lowest BCUT2D eigenvalue weighted by Gasteiger charge is -2.46. The van der Waals surface area contributed by atoms with Crippen LogP contribution in [-0.4, -0.2) is 29.5 Å². The SMILES string of the molecule is O=C(O)COc1ccc(Cl)cc1[C@H]1CC(=O)N[C@@H](c2cc(F)ccc2F)[C@]12C(=O)Nc1cc(Cl)ccc12. The molecule has 0 saturated carbocycles. The van der Waals surface area contributed by atoms with Gasteiger partial charge in [0.1, 0.15) is 22.8 Å². The molecular formula is C26H18Cl2F2N2O5. The Morgan fingerprint density at radius 2 is 1.76 bits per heavy atom. The molecule has 0 aliphatic carbocycles. The molecule has 37 heavy (non-hydrogen) atoms. The molecule has 0 radical (unpaired) electrons. The summed E-state index contributed by atoms with van der Waals surface area (Å²) in [7, 11) is 0. The fraction of sp³-hybridized carbons (Fsp3) is 0.192. The molecule has 0 bridgehead atoms. The van der Waals surface area contributed by atoms with Gasteiger partial charge < -0.3 is 20.5 Å². The summed E-state index contributed by atoms with van der Waals surface area (Å²) < 4.78 is 35.0. The third kappa shape index (κ3) is 4.18.